The van der Waals surface area contributed by atoms with Crippen molar-refractivity contribution in [3.05, 3.63) is 0 Å². The van der Waals surface area contributed by atoms with Crippen LogP contribution >= 0.6 is 0 Å². The maximum absolute atomic E-state index is 8.68. The summed E-state index contributed by atoms with van der Waals surface area (Å²) in [5, 5.41) is 26.0. The molecule has 0 aromatic carbocycles. The zero-order chi connectivity index (χ0) is 8.74. The first-order valence-corrected chi connectivity index (χ1v) is 3.84. The minimum absolute atomic E-state index is 0. The molecule has 0 bridgehead atoms. The first-order chi connectivity index (χ1) is 5.18. The van der Waals surface area contributed by atoms with E-state index in [0.717, 1.165) is 0 Å². The van der Waals surface area contributed by atoms with Gasteiger partial charge in [0.25, 0.3) is 0 Å². The van der Waals surface area contributed by atoms with Crippen LogP contribution in [0.2, 0.25) is 0 Å². The first-order valence-electron chi connectivity index (χ1n) is 3.84. The molecule has 0 aromatic heterocycles. The van der Waals surface area contributed by atoms with Crippen molar-refractivity contribution in [3.8, 4) is 0 Å². The summed E-state index contributed by atoms with van der Waals surface area (Å²) in [6.07, 6.45) is 0. The molecule has 0 heterocycles. The lowest BCUT2D eigenvalue weighted by molar-refractivity contribution is -0.910. The van der Waals surface area contributed by atoms with Crippen molar-refractivity contribution in [2.75, 3.05) is 46.5 Å². The van der Waals surface area contributed by atoms with Gasteiger partial charge in [-0.1, -0.05) is 14.9 Å². The quantitative estimate of drug-likeness (QED) is 0.510. The van der Waals surface area contributed by atoms with Crippen molar-refractivity contribution in [2.45, 2.75) is 14.9 Å². The van der Waals surface area contributed by atoms with Crippen molar-refractivity contribution >= 4 is 0 Å². The molecule has 0 unspecified atom stereocenters. The predicted molar refractivity (Wildman–Crippen MR) is 55.5 cm³/mol. The van der Waals surface area contributed by atoms with E-state index in [1.807, 2.05) is 7.05 Å². The molecule has 13 heavy (non-hydrogen) atoms. The van der Waals surface area contributed by atoms with Gasteiger partial charge in [-0.25, -0.2) is 0 Å². The van der Waals surface area contributed by atoms with Gasteiger partial charge < -0.3 is 19.8 Å². The molecule has 3 N–H and O–H groups in total. The molecular formula is C9H26NO3+. The van der Waals surface area contributed by atoms with Gasteiger partial charge >= 0.3 is 0 Å². The van der Waals surface area contributed by atoms with E-state index in [1.165, 1.54) is 0 Å². The minimum atomic E-state index is 0. The number of quaternary nitrogens is 1. The number of aliphatic hydroxyl groups excluding tert-OH is 3. The highest BCUT2D eigenvalue weighted by molar-refractivity contribution is 4.37. The Morgan fingerprint density at radius 2 is 1.00 bits per heavy atom. The Kier molecular flexibility index (Phi) is 14.2. The lowest BCUT2D eigenvalue weighted by atomic mass is 10.4. The van der Waals surface area contributed by atoms with Crippen LogP contribution in [-0.2, 0) is 0 Å². The van der Waals surface area contributed by atoms with Gasteiger partial charge in [0.15, 0.2) is 0 Å². The third-order valence-corrected chi connectivity index (χ3v) is 1.92. The van der Waals surface area contributed by atoms with E-state index in [4.69, 9.17) is 15.3 Å². The van der Waals surface area contributed by atoms with Crippen LogP contribution in [0.5, 0.6) is 0 Å². The van der Waals surface area contributed by atoms with E-state index < -0.39 is 0 Å². The Morgan fingerprint density at radius 1 is 0.769 bits per heavy atom. The maximum Gasteiger partial charge on any atom is 0.102 e. The van der Waals surface area contributed by atoms with Gasteiger partial charge in [0.05, 0.1) is 26.9 Å². The molecule has 0 fully saturated rings. The van der Waals surface area contributed by atoms with Gasteiger partial charge in [0.2, 0.25) is 0 Å². The van der Waals surface area contributed by atoms with Crippen molar-refractivity contribution in [1.29, 1.82) is 0 Å². The highest BCUT2D eigenvalue weighted by Gasteiger charge is 2.18. The van der Waals surface area contributed by atoms with Crippen molar-refractivity contribution in [1.82, 2.24) is 0 Å². The van der Waals surface area contributed by atoms with E-state index in [1.54, 1.807) is 0 Å². The fourth-order valence-corrected chi connectivity index (χ4v) is 1.06. The van der Waals surface area contributed by atoms with Crippen LogP contribution in [-0.4, -0.2) is 66.3 Å². The molecule has 0 aliphatic carbocycles. The molecule has 0 spiro atoms. The monoisotopic (exact) mass is 196 g/mol. The molecule has 4 nitrogen and oxygen atoms in total. The van der Waals surface area contributed by atoms with Crippen LogP contribution in [0.4, 0.5) is 0 Å². The largest absolute Gasteiger partial charge is 0.391 e. The van der Waals surface area contributed by atoms with Crippen molar-refractivity contribution in [2.24, 2.45) is 0 Å². The number of nitrogens with zero attached hydrogens (tertiary/aromatic N) is 1. The van der Waals surface area contributed by atoms with E-state index in [-0.39, 0.29) is 34.7 Å². The van der Waals surface area contributed by atoms with Crippen LogP contribution in [0.15, 0.2) is 0 Å². The second kappa shape index (κ2) is 9.92. The third-order valence-electron chi connectivity index (χ3n) is 1.92. The van der Waals surface area contributed by atoms with Crippen LogP contribution < -0.4 is 0 Å². The number of hydrogen-bond donors (Lipinski definition) is 3. The van der Waals surface area contributed by atoms with E-state index in [2.05, 4.69) is 0 Å². The molecule has 0 aromatic rings. The first kappa shape index (κ1) is 18.6. The summed E-state index contributed by atoms with van der Waals surface area (Å²) in [4.78, 5) is 0. The van der Waals surface area contributed by atoms with E-state index >= 15 is 0 Å². The molecule has 84 valence electrons. The summed E-state index contributed by atoms with van der Waals surface area (Å²) in [5.74, 6) is 0. The summed E-state index contributed by atoms with van der Waals surface area (Å²) in [5.41, 5.74) is 0. The second-order valence-electron chi connectivity index (χ2n) is 2.96. The van der Waals surface area contributed by atoms with Crippen LogP contribution in [0, 0.1) is 0 Å². The van der Waals surface area contributed by atoms with Crippen LogP contribution in [0.1, 0.15) is 14.9 Å². The smallest absolute Gasteiger partial charge is 0.102 e. The molecule has 0 aliphatic heterocycles. The highest BCUT2D eigenvalue weighted by Crippen LogP contribution is 1.99. The predicted octanol–water partition coefficient (Wildman–Crippen LogP) is -0.318. The second-order valence-corrected chi connectivity index (χ2v) is 2.96. The van der Waals surface area contributed by atoms with Gasteiger partial charge in [-0.3, -0.25) is 0 Å². The zero-order valence-corrected chi connectivity index (χ0v) is 7.03. The fraction of sp³-hybridized carbons (Fsp3) is 1.00. The molecule has 0 amide bonds. The number of aliphatic hydroxyl groups is 3. The van der Waals surface area contributed by atoms with Crippen molar-refractivity contribution < 1.29 is 19.8 Å². The summed E-state index contributed by atoms with van der Waals surface area (Å²) < 4.78 is 0.531. The summed E-state index contributed by atoms with van der Waals surface area (Å²) >= 11 is 0. The molecule has 0 aliphatic rings. The lowest BCUT2D eigenvalue weighted by Gasteiger charge is -2.32. The molecule has 0 rings (SSSR count). The SMILES string of the molecule is C.C.C[N+](CCO)(CCO)CCO. The van der Waals surface area contributed by atoms with Gasteiger partial charge in [-0.05, 0) is 0 Å². The molecule has 0 radical (unpaired) electrons. The molecular weight excluding hydrogens is 170 g/mol. The summed E-state index contributed by atoms with van der Waals surface area (Å²) in [6, 6.07) is 0. The number of likely N-dealkylation sites (N-methyl/N-ethyl adjacent to an activating group) is 1. The zero-order valence-electron chi connectivity index (χ0n) is 7.03. The molecule has 4 heteroatoms. The Balaban J connectivity index is -0.000000500. The van der Waals surface area contributed by atoms with E-state index in [9.17, 15) is 0 Å². The third kappa shape index (κ3) is 8.18. The van der Waals surface area contributed by atoms with Crippen molar-refractivity contribution in [3.63, 3.8) is 0 Å². The standard InChI is InChI=1S/C7H18NO3.2CH4/c1-8(2-5-9,3-6-10)4-7-11;;/h9-11H,2-7H2,1H3;2*1H4/q+1;;. The van der Waals surface area contributed by atoms with Gasteiger partial charge in [0, 0.05) is 0 Å². The summed E-state index contributed by atoms with van der Waals surface area (Å²) in [6.45, 7) is 2.03. The van der Waals surface area contributed by atoms with Gasteiger partial charge in [-0.15, -0.1) is 0 Å². The van der Waals surface area contributed by atoms with Gasteiger partial charge in [-0.2, -0.15) is 0 Å². The Bertz CT molecular complexity index is 81.8. The minimum Gasteiger partial charge on any atom is -0.391 e. The maximum atomic E-state index is 8.68. The number of hydrogen-bond acceptors (Lipinski definition) is 3. The normalized spacial score (nSPS) is 10.2. The van der Waals surface area contributed by atoms with Crippen LogP contribution in [0.3, 0.4) is 0 Å². The van der Waals surface area contributed by atoms with Gasteiger partial charge in [0.1, 0.15) is 19.6 Å². The summed E-state index contributed by atoms with van der Waals surface area (Å²) in [7, 11) is 1.91. The molecule has 0 saturated heterocycles. The topological polar surface area (TPSA) is 60.7 Å². The molecule has 0 atom stereocenters. The van der Waals surface area contributed by atoms with E-state index in [0.29, 0.717) is 24.1 Å². The number of rotatable bonds is 6. The van der Waals surface area contributed by atoms with Crippen LogP contribution in [0.25, 0.3) is 0 Å². The Labute approximate surface area is 82.0 Å². The highest BCUT2D eigenvalue weighted by atomic mass is 16.3. The fourth-order valence-electron chi connectivity index (χ4n) is 1.06. The molecule has 0 saturated carbocycles. The Morgan fingerprint density at radius 3 is 1.15 bits per heavy atom. The average molecular weight is 196 g/mol. The lowest BCUT2D eigenvalue weighted by Crippen LogP contribution is -2.49. The Hall–Kier alpha value is -0.160. The average Bonchev–Trinajstić information content (AvgIpc) is 1.88.